The molecule has 0 saturated heterocycles. The highest BCUT2D eigenvalue weighted by atomic mass is 32.1. The summed E-state index contributed by atoms with van der Waals surface area (Å²) in [5, 5.41) is 0. The number of aromatic nitrogens is 4. The first-order valence-corrected chi connectivity index (χ1v) is 4.02. The number of aromatic amines is 2. The molecule has 0 aliphatic carbocycles. The van der Waals surface area contributed by atoms with Crippen molar-refractivity contribution in [2.75, 3.05) is 0 Å². The normalized spacial score (nSPS) is 10.3. The van der Waals surface area contributed by atoms with Crippen molar-refractivity contribution in [2.45, 2.75) is 0 Å². The van der Waals surface area contributed by atoms with Crippen LogP contribution in [0.25, 0.3) is 11.0 Å². The van der Waals surface area contributed by atoms with Crippen LogP contribution < -0.4 is 0 Å². The Kier molecular flexibility index (Phi) is 1.70. The first-order valence-electron chi connectivity index (χ1n) is 3.20. The topological polar surface area (TPSA) is 57.4 Å². The van der Waals surface area contributed by atoms with Gasteiger partial charge in [-0.2, -0.15) is 0 Å². The first-order chi connectivity index (χ1) is 5.79. The Hall–Kier alpha value is -1.14. The number of hydrogen-bond acceptors (Lipinski definition) is 4. The van der Waals surface area contributed by atoms with E-state index in [4.69, 9.17) is 24.4 Å². The Morgan fingerprint density at radius 2 is 1.33 bits per heavy atom. The molecule has 0 saturated carbocycles. The maximum absolute atomic E-state index is 4.98. The molecule has 0 aromatic carbocycles. The predicted molar refractivity (Wildman–Crippen MR) is 49.9 cm³/mol. The lowest BCUT2D eigenvalue weighted by Crippen LogP contribution is -1.89. The zero-order chi connectivity index (χ0) is 8.55. The minimum Gasteiger partial charge on any atom is -0.342 e. The molecule has 2 rings (SSSR count). The van der Waals surface area contributed by atoms with Gasteiger partial charge in [0.2, 0.25) is 0 Å². The number of fused-ring (bicyclic) bond motifs is 1. The van der Waals surface area contributed by atoms with Crippen LogP contribution in [-0.2, 0) is 0 Å². The number of nitrogens with zero attached hydrogens (tertiary/aromatic N) is 2. The van der Waals surface area contributed by atoms with Crippen molar-refractivity contribution in [3.8, 4) is 0 Å². The van der Waals surface area contributed by atoms with Crippen LogP contribution in [0.5, 0.6) is 0 Å². The molecule has 0 aliphatic heterocycles. The molecule has 0 fully saturated rings. The molecule has 0 amide bonds. The van der Waals surface area contributed by atoms with E-state index >= 15 is 0 Å². The van der Waals surface area contributed by atoms with Crippen molar-refractivity contribution in [1.82, 2.24) is 19.9 Å². The average Bonchev–Trinajstić information content (AvgIpc) is 2.07. The summed E-state index contributed by atoms with van der Waals surface area (Å²) in [5.74, 6) is 0. The summed E-state index contributed by atoms with van der Waals surface area (Å²) in [5.41, 5.74) is 1.46. The third-order valence-corrected chi connectivity index (χ3v) is 2.08. The second kappa shape index (κ2) is 2.72. The van der Waals surface area contributed by atoms with Crippen LogP contribution in [0, 0.1) is 9.28 Å². The minimum absolute atomic E-state index is 0.497. The molecule has 60 valence electrons. The summed E-state index contributed by atoms with van der Waals surface area (Å²) in [4.78, 5) is 13.6. The van der Waals surface area contributed by atoms with Crippen LogP contribution >= 0.6 is 24.4 Å². The van der Waals surface area contributed by atoms with E-state index in [9.17, 15) is 0 Å². The molecular formula is C6H4N4S2. The third kappa shape index (κ3) is 1.05. The molecule has 2 heterocycles. The molecule has 6 heteroatoms. The Morgan fingerprint density at radius 1 is 0.917 bits per heavy atom. The van der Waals surface area contributed by atoms with Gasteiger partial charge in [0.15, 0.2) is 9.28 Å². The molecule has 4 nitrogen and oxygen atoms in total. The smallest absolute Gasteiger partial charge is 0.153 e. The van der Waals surface area contributed by atoms with Crippen LogP contribution in [0.4, 0.5) is 0 Å². The number of nitrogens with one attached hydrogen (secondary N) is 2. The Balaban J connectivity index is 3.15. The Labute approximate surface area is 77.7 Å². The summed E-state index contributed by atoms with van der Waals surface area (Å²) in [7, 11) is 0. The summed E-state index contributed by atoms with van der Waals surface area (Å²) in [6.07, 6.45) is 3.02. The SMILES string of the molecule is S=c1nc[nH]c2c(=S)nc[nH]c12. The lowest BCUT2D eigenvalue weighted by atomic mass is 10.4. The monoisotopic (exact) mass is 196 g/mol. The van der Waals surface area contributed by atoms with Crippen molar-refractivity contribution in [2.24, 2.45) is 0 Å². The van der Waals surface area contributed by atoms with E-state index in [0.717, 1.165) is 11.0 Å². The Bertz CT molecular complexity index is 477. The van der Waals surface area contributed by atoms with E-state index in [-0.39, 0.29) is 0 Å². The molecular weight excluding hydrogens is 192 g/mol. The second-order valence-corrected chi connectivity index (χ2v) is 2.94. The van der Waals surface area contributed by atoms with E-state index in [1.54, 1.807) is 0 Å². The first kappa shape index (κ1) is 7.51. The lowest BCUT2D eigenvalue weighted by Gasteiger charge is -1.94. The maximum Gasteiger partial charge on any atom is 0.153 e. The molecule has 0 atom stereocenters. The van der Waals surface area contributed by atoms with Crippen LogP contribution in [0.2, 0.25) is 0 Å². The number of H-pyrrole nitrogens is 2. The molecule has 2 aromatic rings. The van der Waals surface area contributed by atoms with Crippen molar-refractivity contribution in [1.29, 1.82) is 0 Å². The van der Waals surface area contributed by atoms with Crippen molar-refractivity contribution in [3.63, 3.8) is 0 Å². The minimum atomic E-state index is 0.497. The zero-order valence-corrected chi connectivity index (χ0v) is 7.50. The van der Waals surface area contributed by atoms with Crippen LogP contribution in [0.1, 0.15) is 0 Å². The van der Waals surface area contributed by atoms with Gasteiger partial charge in [0.1, 0.15) is 11.0 Å². The highest BCUT2D eigenvalue weighted by molar-refractivity contribution is 7.72. The molecule has 2 aromatic heterocycles. The highest BCUT2D eigenvalue weighted by Gasteiger charge is 1.96. The molecule has 0 radical (unpaired) electrons. The van der Waals surface area contributed by atoms with E-state index in [0.29, 0.717) is 9.28 Å². The molecule has 0 spiro atoms. The van der Waals surface area contributed by atoms with Gasteiger partial charge in [-0.15, -0.1) is 0 Å². The quantitative estimate of drug-likeness (QED) is 0.630. The summed E-state index contributed by atoms with van der Waals surface area (Å²) >= 11 is 9.95. The maximum atomic E-state index is 4.98. The highest BCUT2D eigenvalue weighted by Crippen LogP contribution is 2.06. The fourth-order valence-corrected chi connectivity index (χ4v) is 1.35. The summed E-state index contributed by atoms with van der Waals surface area (Å²) in [6.45, 7) is 0. The predicted octanol–water partition coefficient (Wildman–Crippen LogP) is 1.74. The zero-order valence-electron chi connectivity index (χ0n) is 5.87. The number of rotatable bonds is 0. The fourth-order valence-electron chi connectivity index (χ4n) is 0.922. The van der Waals surface area contributed by atoms with Gasteiger partial charge < -0.3 is 9.97 Å². The summed E-state index contributed by atoms with van der Waals surface area (Å²) in [6, 6.07) is 0. The van der Waals surface area contributed by atoms with Gasteiger partial charge in [-0.05, 0) is 0 Å². The second-order valence-electron chi connectivity index (χ2n) is 2.17. The largest absolute Gasteiger partial charge is 0.342 e. The average molecular weight is 196 g/mol. The lowest BCUT2D eigenvalue weighted by molar-refractivity contribution is 1.13. The Morgan fingerprint density at radius 3 is 1.75 bits per heavy atom. The molecule has 0 unspecified atom stereocenters. The van der Waals surface area contributed by atoms with Crippen LogP contribution in [-0.4, -0.2) is 19.9 Å². The van der Waals surface area contributed by atoms with Gasteiger partial charge in [0.05, 0.1) is 12.7 Å². The van der Waals surface area contributed by atoms with E-state index in [1.165, 1.54) is 12.7 Å². The number of hydrogen-bond donors (Lipinski definition) is 2. The van der Waals surface area contributed by atoms with E-state index in [1.807, 2.05) is 0 Å². The molecule has 0 aliphatic rings. The standard InChI is InChI=1S/C6H4N4S2/c11-5-4-3(7-1-9-5)6(12)10-2-8-4/h1-2H,(H,7,9,11)(H,8,10,12). The van der Waals surface area contributed by atoms with Crippen LogP contribution in [0.15, 0.2) is 12.7 Å². The van der Waals surface area contributed by atoms with Crippen molar-refractivity contribution in [3.05, 3.63) is 21.9 Å². The van der Waals surface area contributed by atoms with Crippen LogP contribution in [0.3, 0.4) is 0 Å². The molecule has 0 bridgehead atoms. The van der Waals surface area contributed by atoms with Gasteiger partial charge in [-0.3, -0.25) is 0 Å². The van der Waals surface area contributed by atoms with E-state index in [2.05, 4.69) is 19.9 Å². The summed E-state index contributed by atoms with van der Waals surface area (Å²) < 4.78 is 0.995. The molecule has 2 N–H and O–H groups in total. The third-order valence-electron chi connectivity index (χ3n) is 1.46. The van der Waals surface area contributed by atoms with Gasteiger partial charge in [0.25, 0.3) is 0 Å². The van der Waals surface area contributed by atoms with Gasteiger partial charge in [-0.1, -0.05) is 24.4 Å². The van der Waals surface area contributed by atoms with E-state index < -0.39 is 0 Å². The fraction of sp³-hybridized carbons (Fsp3) is 0. The van der Waals surface area contributed by atoms with Gasteiger partial charge in [-0.25, -0.2) is 9.97 Å². The molecule has 12 heavy (non-hydrogen) atoms. The van der Waals surface area contributed by atoms with Crippen molar-refractivity contribution >= 4 is 35.5 Å². The van der Waals surface area contributed by atoms with Gasteiger partial charge in [0, 0.05) is 0 Å². The van der Waals surface area contributed by atoms with Crippen molar-refractivity contribution < 1.29 is 0 Å². The van der Waals surface area contributed by atoms with Gasteiger partial charge >= 0.3 is 0 Å².